The van der Waals surface area contributed by atoms with Gasteiger partial charge in [-0.05, 0) is 28.1 Å². The van der Waals surface area contributed by atoms with Gasteiger partial charge in [0.2, 0.25) is 0 Å². The summed E-state index contributed by atoms with van der Waals surface area (Å²) < 4.78 is 23.8. The highest BCUT2D eigenvalue weighted by molar-refractivity contribution is 9.10. The average Bonchev–Trinajstić information content (AvgIpc) is 2.28. The summed E-state index contributed by atoms with van der Waals surface area (Å²) in [6.45, 7) is 2.67. The molecule has 0 amide bonds. The molecule has 0 aliphatic rings. The molecule has 0 aliphatic carbocycles. The van der Waals surface area contributed by atoms with E-state index in [1.54, 1.807) is 19.2 Å². The van der Waals surface area contributed by atoms with Crippen LogP contribution in [0.25, 0.3) is 0 Å². The molecule has 0 aromatic heterocycles. The Bertz CT molecular complexity index is 323. The second kappa shape index (κ2) is 7.60. The quantitative estimate of drug-likeness (QED) is 0.782. The smallest absolute Gasteiger partial charge is 0.141 e. The van der Waals surface area contributed by atoms with Gasteiger partial charge < -0.3 is 14.8 Å². The Morgan fingerprint density at radius 2 is 2.06 bits per heavy atom. The summed E-state index contributed by atoms with van der Waals surface area (Å²) in [5, 5.41) is 3.13. The molecule has 0 saturated carbocycles. The number of methoxy groups -OCH3 is 1. The molecular formula is C11H15BrFNO2. The number of benzene rings is 1. The third-order valence-corrected chi connectivity index (χ3v) is 2.56. The highest BCUT2D eigenvalue weighted by Gasteiger charge is 2.00. The van der Waals surface area contributed by atoms with Crippen molar-refractivity contribution in [3.05, 3.63) is 28.5 Å². The standard InChI is InChI=1S/C11H15BrFNO2/c1-15-6-4-14-5-7-16-9-2-3-10(12)11(13)8-9/h2-3,8,14H,4-7H2,1H3. The average molecular weight is 292 g/mol. The van der Waals surface area contributed by atoms with Gasteiger partial charge in [0.1, 0.15) is 18.2 Å². The number of halogens is 2. The summed E-state index contributed by atoms with van der Waals surface area (Å²) >= 11 is 3.08. The van der Waals surface area contributed by atoms with Crippen molar-refractivity contribution in [1.82, 2.24) is 5.32 Å². The molecule has 0 spiro atoms. The highest BCUT2D eigenvalue weighted by atomic mass is 79.9. The third-order valence-electron chi connectivity index (χ3n) is 1.92. The van der Waals surface area contributed by atoms with E-state index < -0.39 is 0 Å². The summed E-state index contributed by atoms with van der Waals surface area (Å²) in [6.07, 6.45) is 0. The van der Waals surface area contributed by atoms with Gasteiger partial charge in [-0.2, -0.15) is 0 Å². The van der Waals surface area contributed by atoms with Gasteiger partial charge >= 0.3 is 0 Å². The van der Waals surface area contributed by atoms with Crippen LogP contribution < -0.4 is 10.1 Å². The molecule has 1 N–H and O–H groups in total. The lowest BCUT2D eigenvalue weighted by atomic mass is 10.3. The van der Waals surface area contributed by atoms with Crippen molar-refractivity contribution in [2.75, 3.05) is 33.4 Å². The van der Waals surface area contributed by atoms with Gasteiger partial charge in [0.15, 0.2) is 0 Å². The summed E-state index contributed by atoms with van der Waals surface area (Å²) in [5.74, 6) is 0.221. The molecule has 3 nitrogen and oxygen atoms in total. The Labute approximate surface area is 103 Å². The van der Waals surface area contributed by atoms with Crippen LogP contribution >= 0.6 is 15.9 Å². The molecule has 0 fully saturated rings. The summed E-state index contributed by atoms with van der Waals surface area (Å²) in [4.78, 5) is 0. The molecule has 0 bridgehead atoms. The van der Waals surface area contributed by atoms with Crippen molar-refractivity contribution in [2.24, 2.45) is 0 Å². The second-order valence-electron chi connectivity index (χ2n) is 3.17. The number of hydrogen-bond donors (Lipinski definition) is 1. The van der Waals surface area contributed by atoms with E-state index in [2.05, 4.69) is 21.2 Å². The molecule has 0 unspecified atom stereocenters. The van der Waals surface area contributed by atoms with Gasteiger partial charge in [-0.25, -0.2) is 4.39 Å². The highest BCUT2D eigenvalue weighted by Crippen LogP contribution is 2.20. The normalized spacial score (nSPS) is 10.4. The van der Waals surface area contributed by atoms with Crippen LogP contribution in [0.3, 0.4) is 0 Å². The summed E-state index contributed by atoms with van der Waals surface area (Å²) in [6, 6.07) is 4.71. The maximum absolute atomic E-state index is 13.1. The Morgan fingerprint density at radius 1 is 1.31 bits per heavy atom. The number of nitrogens with one attached hydrogen (secondary N) is 1. The molecule has 0 saturated heterocycles. The fourth-order valence-electron chi connectivity index (χ4n) is 1.11. The first kappa shape index (κ1) is 13.4. The lowest BCUT2D eigenvalue weighted by molar-refractivity contribution is 0.196. The van der Waals surface area contributed by atoms with Crippen molar-refractivity contribution in [1.29, 1.82) is 0 Å². The number of ether oxygens (including phenoxy) is 2. The van der Waals surface area contributed by atoms with Gasteiger partial charge in [0.05, 0.1) is 11.1 Å². The van der Waals surface area contributed by atoms with E-state index in [4.69, 9.17) is 9.47 Å². The van der Waals surface area contributed by atoms with Gasteiger partial charge in [-0.15, -0.1) is 0 Å². The summed E-state index contributed by atoms with van der Waals surface area (Å²) in [7, 11) is 1.66. The fourth-order valence-corrected chi connectivity index (χ4v) is 1.35. The predicted molar refractivity (Wildman–Crippen MR) is 64.3 cm³/mol. The van der Waals surface area contributed by atoms with E-state index in [9.17, 15) is 4.39 Å². The number of rotatable bonds is 7. The second-order valence-corrected chi connectivity index (χ2v) is 4.02. The van der Waals surface area contributed by atoms with E-state index >= 15 is 0 Å². The molecule has 0 aliphatic heterocycles. The minimum Gasteiger partial charge on any atom is -0.492 e. The first-order chi connectivity index (χ1) is 7.74. The Hall–Kier alpha value is -0.650. The minimum atomic E-state index is -0.315. The van der Waals surface area contributed by atoms with Crippen molar-refractivity contribution < 1.29 is 13.9 Å². The lowest BCUT2D eigenvalue weighted by Gasteiger charge is -2.07. The molecule has 1 aromatic rings. The topological polar surface area (TPSA) is 30.5 Å². The molecular weight excluding hydrogens is 277 g/mol. The zero-order valence-electron chi connectivity index (χ0n) is 9.13. The molecule has 1 aromatic carbocycles. The largest absolute Gasteiger partial charge is 0.492 e. The maximum atomic E-state index is 13.1. The third kappa shape index (κ3) is 4.92. The fraction of sp³-hybridized carbons (Fsp3) is 0.455. The van der Waals surface area contributed by atoms with Crippen LogP contribution in [-0.2, 0) is 4.74 Å². The predicted octanol–water partition coefficient (Wildman–Crippen LogP) is 2.20. The molecule has 16 heavy (non-hydrogen) atoms. The first-order valence-electron chi connectivity index (χ1n) is 5.01. The first-order valence-corrected chi connectivity index (χ1v) is 5.81. The van der Waals surface area contributed by atoms with Crippen LogP contribution in [0.15, 0.2) is 22.7 Å². The molecule has 90 valence electrons. The minimum absolute atomic E-state index is 0.315. The van der Waals surface area contributed by atoms with E-state index in [1.807, 2.05) is 0 Å². The van der Waals surface area contributed by atoms with E-state index in [0.29, 0.717) is 30.0 Å². The SMILES string of the molecule is COCCNCCOc1ccc(Br)c(F)c1. The molecule has 0 atom stereocenters. The molecule has 1 rings (SSSR count). The Kier molecular flexibility index (Phi) is 6.37. The van der Waals surface area contributed by atoms with Crippen LogP contribution in [0.5, 0.6) is 5.75 Å². The Morgan fingerprint density at radius 3 is 2.75 bits per heavy atom. The van der Waals surface area contributed by atoms with E-state index in [0.717, 1.165) is 6.54 Å². The maximum Gasteiger partial charge on any atom is 0.141 e. The monoisotopic (exact) mass is 291 g/mol. The molecule has 0 radical (unpaired) electrons. The van der Waals surface area contributed by atoms with E-state index in [1.165, 1.54) is 6.07 Å². The number of hydrogen-bond acceptors (Lipinski definition) is 3. The van der Waals surface area contributed by atoms with Crippen LogP contribution in [0, 0.1) is 5.82 Å². The Balaban J connectivity index is 2.19. The van der Waals surface area contributed by atoms with Crippen molar-refractivity contribution >= 4 is 15.9 Å². The zero-order valence-corrected chi connectivity index (χ0v) is 10.7. The molecule has 5 heteroatoms. The molecule has 0 heterocycles. The van der Waals surface area contributed by atoms with Crippen molar-refractivity contribution in [3.8, 4) is 5.75 Å². The van der Waals surface area contributed by atoms with Crippen molar-refractivity contribution in [3.63, 3.8) is 0 Å². The van der Waals surface area contributed by atoms with Gasteiger partial charge in [0, 0.05) is 26.3 Å². The van der Waals surface area contributed by atoms with Crippen LogP contribution in [-0.4, -0.2) is 33.4 Å². The van der Waals surface area contributed by atoms with Gasteiger partial charge in [0.25, 0.3) is 0 Å². The van der Waals surface area contributed by atoms with E-state index in [-0.39, 0.29) is 5.82 Å². The zero-order chi connectivity index (χ0) is 11.8. The van der Waals surface area contributed by atoms with Crippen molar-refractivity contribution in [2.45, 2.75) is 0 Å². The van der Waals surface area contributed by atoms with Gasteiger partial charge in [-0.1, -0.05) is 0 Å². The van der Waals surface area contributed by atoms with Crippen LogP contribution in [0.2, 0.25) is 0 Å². The summed E-state index contributed by atoms with van der Waals surface area (Å²) in [5.41, 5.74) is 0. The lowest BCUT2D eigenvalue weighted by Crippen LogP contribution is -2.24. The van der Waals surface area contributed by atoms with Crippen LogP contribution in [0.4, 0.5) is 4.39 Å². The van der Waals surface area contributed by atoms with Crippen LogP contribution in [0.1, 0.15) is 0 Å². The van der Waals surface area contributed by atoms with Gasteiger partial charge in [-0.3, -0.25) is 0 Å².